The van der Waals surface area contributed by atoms with Crippen LogP contribution in [0.3, 0.4) is 0 Å². The second kappa shape index (κ2) is 20.7. The van der Waals surface area contributed by atoms with Crippen LogP contribution in [0.25, 0.3) is 0 Å². The van der Waals surface area contributed by atoms with E-state index in [0.29, 0.717) is 39.6 Å². The Morgan fingerprint density at radius 1 is 0.750 bits per heavy atom. The molecule has 0 atom stereocenters. The van der Waals surface area contributed by atoms with Crippen LogP contribution in [0.15, 0.2) is 0 Å². The Bertz CT molecular complexity index is 115. The van der Waals surface area contributed by atoms with Crippen molar-refractivity contribution in [1.29, 1.82) is 0 Å². The summed E-state index contributed by atoms with van der Waals surface area (Å²) in [6.07, 6.45) is 0. The summed E-state index contributed by atoms with van der Waals surface area (Å²) < 4.78 is 30.8. The molecule has 0 unspecified atom stereocenters. The van der Waals surface area contributed by atoms with E-state index in [4.69, 9.17) is 31.4 Å². The minimum absolute atomic E-state index is 0.0413. The molecule has 0 aliphatic carbocycles. The van der Waals surface area contributed by atoms with Gasteiger partial charge in [0.05, 0.1) is 52.9 Å². The first kappa shape index (κ1) is 18.6. The third-order valence-electron chi connectivity index (χ3n) is 1.22. The third-order valence-corrected chi connectivity index (χ3v) is 1.22. The molecule has 97 valence electrons. The minimum atomic E-state index is -1.75. The van der Waals surface area contributed by atoms with Crippen molar-refractivity contribution in [1.82, 2.24) is 0 Å². The van der Waals surface area contributed by atoms with Gasteiger partial charge in [-0.3, -0.25) is 0 Å². The molecule has 0 aromatic carbocycles. The van der Waals surface area contributed by atoms with Crippen molar-refractivity contribution in [3.8, 4) is 0 Å². The Kier molecular flexibility index (Phi) is 24.1. The van der Waals surface area contributed by atoms with Gasteiger partial charge in [0.2, 0.25) is 0 Å². The summed E-state index contributed by atoms with van der Waals surface area (Å²) in [6.45, 7) is 2.76. The number of hydrogen-bond donors (Lipinski definition) is 3. The number of ether oxygens (including phenoxy) is 3. The van der Waals surface area contributed by atoms with Crippen LogP contribution >= 0.6 is 0 Å². The number of aliphatic hydroxyl groups excluding tert-OH is 2. The molecule has 0 spiro atoms. The second-order valence-corrected chi connectivity index (χ2v) is 2.66. The second-order valence-electron chi connectivity index (χ2n) is 2.38. The van der Waals surface area contributed by atoms with Crippen LogP contribution in [0.5, 0.6) is 0 Å². The molecule has 0 radical (unpaired) electrons. The first-order valence-corrected chi connectivity index (χ1v) is 6.13. The molecule has 0 aliphatic heterocycles. The van der Waals surface area contributed by atoms with Gasteiger partial charge in [0.15, 0.2) is 0 Å². The fourth-order valence-corrected chi connectivity index (χ4v) is 0.671. The van der Waals surface area contributed by atoms with Gasteiger partial charge in [0.1, 0.15) is 0 Å². The van der Waals surface area contributed by atoms with Crippen LogP contribution < -0.4 is 0 Å². The molecule has 0 aromatic rings. The Balaban J connectivity index is 0. The standard InChI is InChI=1S/C8H18O5.H2O.O.Ti/c9-1-3-11-5-7-13-8-6-12-4-2-10;;;/h9-10H,1-8H2;1H2;;/q;;;+1/p-1. The fourth-order valence-electron chi connectivity index (χ4n) is 0.671. The van der Waals surface area contributed by atoms with E-state index in [1.54, 1.807) is 0 Å². The van der Waals surface area contributed by atoms with Gasteiger partial charge in [-0.25, -0.2) is 0 Å². The molecular weight excluding hydrogens is 256 g/mol. The average molecular weight is 275 g/mol. The topological polar surface area (TPSA) is 105 Å². The van der Waals surface area contributed by atoms with Gasteiger partial charge in [0.25, 0.3) is 0 Å². The summed E-state index contributed by atoms with van der Waals surface area (Å²) in [7, 11) is 0. The van der Waals surface area contributed by atoms with Gasteiger partial charge in [-0.2, -0.15) is 0 Å². The van der Waals surface area contributed by atoms with Crippen molar-refractivity contribution < 1.29 is 50.9 Å². The molecule has 16 heavy (non-hydrogen) atoms. The van der Waals surface area contributed by atoms with Gasteiger partial charge < -0.3 is 24.4 Å². The molecule has 3 N–H and O–H groups in total. The van der Waals surface area contributed by atoms with E-state index in [0.717, 1.165) is 0 Å². The van der Waals surface area contributed by atoms with Crippen LogP contribution in [0.1, 0.15) is 0 Å². The maximum absolute atomic E-state index is 8.61. The Morgan fingerprint density at radius 3 is 1.25 bits per heavy atom. The van der Waals surface area contributed by atoms with Crippen LogP contribution in [0.2, 0.25) is 0 Å². The predicted molar refractivity (Wildman–Crippen MR) is 49.5 cm³/mol. The average Bonchev–Trinajstić information content (AvgIpc) is 2.28. The van der Waals surface area contributed by atoms with Crippen LogP contribution in [-0.4, -0.2) is 66.8 Å². The van der Waals surface area contributed by atoms with Crippen LogP contribution in [0, 0.1) is 0 Å². The van der Waals surface area contributed by atoms with Crippen molar-refractivity contribution in [2.45, 2.75) is 0 Å². The zero-order chi connectivity index (χ0) is 12.5. The molecule has 0 aliphatic rings. The summed E-state index contributed by atoms with van der Waals surface area (Å²) >= 11 is -1.75. The fraction of sp³-hybridized carbons (Fsp3) is 1.00. The monoisotopic (exact) mass is 275 g/mol. The van der Waals surface area contributed by atoms with E-state index >= 15 is 0 Å². The predicted octanol–water partition coefficient (Wildman–Crippen LogP) is -1.66. The molecule has 0 amide bonds. The van der Waals surface area contributed by atoms with E-state index in [1.807, 2.05) is 0 Å². The summed E-state index contributed by atoms with van der Waals surface area (Å²) in [5.41, 5.74) is 0. The molecule has 8 heteroatoms. The molecule has 0 rings (SSSR count). The van der Waals surface area contributed by atoms with Gasteiger partial charge in [-0.1, -0.05) is 0 Å². The molecule has 0 saturated carbocycles. The first-order valence-electron chi connectivity index (χ1n) is 4.79. The van der Waals surface area contributed by atoms with Gasteiger partial charge in [0, 0.05) is 0 Å². The summed E-state index contributed by atoms with van der Waals surface area (Å²) in [5.74, 6) is 0. The van der Waals surface area contributed by atoms with Gasteiger partial charge in [-0.15, -0.1) is 0 Å². The van der Waals surface area contributed by atoms with Crippen molar-refractivity contribution in [3.63, 3.8) is 0 Å². The number of rotatable bonds is 10. The van der Waals surface area contributed by atoms with Crippen LogP contribution in [0.4, 0.5) is 0 Å². The van der Waals surface area contributed by atoms with Crippen molar-refractivity contribution in [2.24, 2.45) is 0 Å². The summed E-state index contributed by atoms with van der Waals surface area (Å²) in [4.78, 5) is 0. The Morgan fingerprint density at radius 2 is 1.00 bits per heavy atom. The zero-order valence-electron chi connectivity index (χ0n) is 9.13. The third kappa shape index (κ3) is 23.8. The van der Waals surface area contributed by atoms with E-state index in [2.05, 4.69) is 0 Å². The van der Waals surface area contributed by atoms with Crippen molar-refractivity contribution >= 4 is 0 Å². The SMILES string of the molecule is OCCOCCOCCOCCO.[O]=[Ti][OH]. The molecule has 0 fully saturated rings. The molecule has 0 bridgehead atoms. The summed E-state index contributed by atoms with van der Waals surface area (Å²) in [5, 5.41) is 16.7. The van der Waals surface area contributed by atoms with E-state index < -0.39 is 19.5 Å². The molecular formula is C8H19O7Ti. The number of hydrogen-bond acceptors (Lipinski definition) is 6. The van der Waals surface area contributed by atoms with Crippen molar-refractivity contribution in [3.05, 3.63) is 0 Å². The normalized spacial score (nSPS) is 9.19. The van der Waals surface area contributed by atoms with Crippen molar-refractivity contribution in [2.75, 3.05) is 52.9 Å². The molecule has 7 nitrogen and oxygen atoms in total. The zero-order valence-corrected chi connectivity index (χ0v) is 10.7. The molecule has 0 aromatic heterocycles. The number of aliphatic hydroxyl groups is 2. The van der Waals surface area contributed by atoms with E-state index in [-0.39, 0.29) is 13.2 Å². The van der Waals surface area contributed by atoms with Crippen LogP contribution in [-0.2, 0) is 37.0 Å². The Labute approximate surface area is 104 Å². The Hall–Kier alpha value is 0.274. The summed E-state index contributed by atoms with van der Waals surface area (Å²) in [6, 6.07) is 0. The van der Waals surface area contributed by atoms with Gasteiger partial charge >= 0.3 is 26.5 Å². The van der Waals surface area contributed by atoms with E-state index in [9.17, 15) is 0 Å². The maximum atomic E-state index is 8.61. The van der Waals surface area contributed by atoms with Gasteiger partial charge in [-0.05, 0) is 0 Å². The molecule has 0 saturated heterocycles. The first-order chi connectivity index (χ1) is 7.83. The quantitative estimate of drug-likeness (QED) is 0.324. The van der Waals surface area contributed by atoms with E-state index in [1.165, 1.54) is 0 Å². The molecule has 0 heterocycles.